The van der Waals surface area contributed by atoms with Gasteiger partial charge in [0.2, 0.25) is 0 Å². The lowest BCUT2D eigenvalue weighted by Gasteiger charge is -1.98. The van der Waals surface area contributed by atoms with E-state index in [2.05, 4.69) is 27.5 Å². The molecule has 1 heterocycles. The zero-order valence-electron chi connectivity index (χ0n) is 7.79. The zero-order chi connectivity index (χ0) is 10.8. The summed E-state index contributed by atoms with van der Waals surface area (Å²) in [5, 5.41) is 0.861. The quantitative estimate of drug-likeness (QED) is 0.670. The van der Waals surface area contributed by atoms with Crippen LogP contribution < -0.4 is 4.74 Å². The van der Waals surface area contributed by atoms with Crippen molar-refractivity contribution in [2.24, 2.45) is 0 Å². The van der Waals surface area contributed by atoms with E-state index in [0.717, 1.165) is 21.5 Å². The SMILES string of the molecule is C=CC(=O)Oc1c[nH]c2ccc(Br)cc12. The molecule has 0 spiro atoms. The van der Waals surface area contributed by atoms with Crippen LogP contribution in [0.2, 0.25) is 0 Å². The molecule has 1 N–H and O–H groups in total. The third kappa shape index (κ3) is 1.94. The number of aromatic nitrogens is 1. The van der Waals surface area contributed by atoms with E-state index in [1.807, 2.05) is 18.2 Å². The Hall–Kier alpha value is -1.55. The number of nitrogens with one attached hydrogen (secondary N) is 1. The summed E-state index contributed by atoms with van der Waals surface area (Å²) in [4.78, 5) is 14.1. The number of ether oxygens (including phenoxy) is 1. The molecule has 15 heavy (non-hydrogen) atoms. The summed E-state index contributed by atoms with van der Waals surface area (Å²) in [5.74, 6) is 0.0482. The Kier molecular flexibility index (Phi) is 2.60. The van der Waals surface area contributed by atoms with Crippen molar-refractivity contribution in [1.29, 1.82) is 0 Å². The predicted molar refractivity (Wildman–Crippen MR) is 61.8 cm³/mol. The highest BCUT2D eigenvalue weighted by Gasteiger charge is 2.07. The van der Waals surface area contributed by atoms with E-state index >= 15 is 0 Å². The first-order valence-electron chi connectivity index (χ1n) is 4.31. The number of rotatable bonds is 2. The van der Waals surface area contributed by atoms with Crippen LogP contribution in [0.15, 0.2) is 41.5 Å². The molecule has 0 saturated heterocycles. The van der Waals surface area contributed by atoms with Gasteiger partial charge in [0.1, 0.15) is 0 Å². The molecule has 0 bridgehead atoms. The minimum atomic E-state index is -0.462. The lowest BCUT2D eigenvalue weighted by atomic mass is 10.2. The summed E-state index contributed by atoms with van der Waals surface area (Å²) in [5.41, 5.74) is 0.921. The normalized spacial score (nSPS) is 10.2. The fraction of sp³-hybridized carbons (Fsp3) is 0. The molecular weight excluding hydrogens is 258 g/mol. The number of fused-ring (bicyclic) bond motifs is 1. The first-order chi connectivity index (χ1) is 7.20. The van der Waals surface area contributed by atoms with Gasteiger partial charge >= 0.3 is 5.97 Å². The molecule has 0 unspecified atom stereocenters. The largest absolute Gasteiger partial charge is 0.421 e. The third-order valence-corrected chi connectivity index (χ3v) is 2.48. The van der Waals surface area contributed by atoms with Crippen molar-refractivity contribution in [2.45, 2.75) is 0 Å². The van der Waals surface area contributed by atoms with Crippen LogP contribution in [-0.2, 0) is 4.79 Å². The van der Waals surface area contributed by atoms with Crippen molar-refractivity contribution in [1.82, 2.24) is 4.98 Å². The Morgan fingerprint density at radius 3 is 3.07 bits per heavy atom. The molecule has 76 valence electrons. The monoisotopic (exact) mass is 265 g/mol. The van der Waals surface area contributed by atoms with Crippen molar-refractivity contribution in [3.05, 3.63) is 41.5 Å². The molecule has 0 atom stereocenters. The second-order valence-electron chi connectivity index (χ2n) is 2.97. The standard InChI is InChI=1S/C11H8BrNO2/c1-2-11(14)15-10-6-13-9-4-3-7(12)5-8(9)10/h2-6,13H,1H2. The Morgan fingerprint density at radius 2 is 2.33 bits per heavy atom. The topological polar surface area (TPSA) is 42.1 Å². The smallest absolute Gasteiger partial charge is 0.335 e. The van der Waals surface area contributed by atoms with Crippen LogP contribution in [0.4, 0.5) is 0 Å². The summed E-state index contributed by atoms with van der Waals surface area (Å²) in [7, 11) is 0. The lowest BCUT2D eigenvalue weighted by molar-refractivity contribution is -0.128. The van der Waals surface area contributed by atoms with Gasteiger partial charge in [-0.1, -0.05) is 22.5 Å². The number of hydrogen-bond donors (Lipinski definition) is 1. The second kappa shape index (κ2) is 3.90. The maximum absolute atomic E-state index is 11.0. The van der Waals surface area contributed by atoms with Crippen molar-refractivity contribution in [3.63, 3.8) is 0 Å². The van der Waals surface area contributed by atoms with E-state index in [1.54, 1.807) is 6.20 Å². The first kappa shape index (κ1) is 9.98. The number of carbonyl (C=O) groups excluding carboxylic acids is 1. The molecule has 0 radical (unpaired) electrons. The van der Waals surface area contributed by atoms with Crippen molar-refractivity contribution in [2.75, 3.05) is 0 Å². The van der Waals surface area contributed by atoms with Gasteiger partial charge in [-0.15, -0.1) is 0 Å². The maximum atomic E-state index is 11.0. The Morgan fingerprint density at radius 1 is 1.53 bits per heavy atom. The summed E-state index contributed by atoms with van der Waals surface area (Å²) < 4.78 is 6.00. The van der Waals surface area contributed by atoms with Crippen molar-refractivity contribution >= 4 is 32.8 Å². The maximum Gasteiger partial charge on any atom is 0.335 e. The van der Waals surface area contributed by atoms with E-state index in [9.17, 15) is 4.79 Å². The van der Waals surface area contributed by atoms with Crippen molar-refractivity contribution in [3.8, 4) is 5.75 Å². The van der Waals surface area contributed by atoms with Crippen molar-refractivity contribution < 1.29 is 9.53 Å². The van der Waals surface area contributed by atoms with Gasteiger partial charge in [0.25, 0.3) is 0 Å². The highest BCUT2D eigenvalue weighted by Crippen LogP contribution is 2.28. The molecule has 3 nitrogen and oxygen atoms in total. The second-order valence-corrected chi connectivity index (χ2v) is 3.88. The molecule has 0 aliphatic carbocycles. The molecule has 4 heteroatoms. The van der Waals surface area contributed by atoms with Gasteiger partial charge in [-0.3, -0.25) is 0 Å². The lowest BCUT2D eigenvalue weighted by Crippen LogP contribution is -2.02. The molecule has 2 aromatic rings. The van der Waals surface area contributed by atoms with E-state index in [4.69, 9.17) is 4.74 Å². The average Bonchev–Trinajstić information content (AvgIpc) is 2.61. The van der Waals surface area contributed by atoms with Gasteiger partial charge < -0.3 is 9.72 Å². The number of halogens is 1. The number of aromatic amines is 1. The number of esters is 1. The van der Waals surface area contributed by atoms with Gasteiger partial charge in [-0.25, -0.2) is 4.79 Å². The van der Waals surface area contributed by atoms with Crippen LogP contribution in [0, 0.1) is 0 Å². The van der Waals surface area contributed by atoms with E-state index in [1.165, 1.54) is 0 Å². The van der Waals surface area contributed by atoms with Gasteiger partial charge in [-0.05, 0) is 18.2 Å². The summed E-state index contributed by atoms with van der Waals surface area (Å²) in [6.07, 6.45) is 2.79. The molecule has 0 aliphatic heterocycles. The highest BCUT2D eigenvalue weighted by atomic mass is 79.9. The third-order valence-electron chi connectivity index (χ3n) is 1.98. The van der Waals surface area contributed by atoms with Crippen LogP contribution in [0.1, 0.15) is 0 Å². The van der Waals surface area contributed by atoms with Gasteiger partial charge in [0.15, 0.2) is 5.75 Å². The average molecular weight is 266 g/mol. The van der Waals surface area contributed by atoms with Gasteiger partial charge in [0, 0.05) is 27.6 Å². The molecule has 1 aromatic heterocycles. The molecule has 0 fully saturated rings. The number of benzene rings is 1. The molecule has 0 saturated carbocycles. The molecule has 0 aliphatic rings. The van der Waals surface area contributed by atoms with Gasteiger partial charge in [0.05, 0.1) is 0 Å². The Labute approximate surface area is 94.9 Å². The summed E-state index contributed by atoms with van der Waals surface area (Å²) in [6.45, 7) is 3.34. The first-order valence-corrected chi connectivity index (χ1v) is 5.11. The van der Waals surface area contributed by atoms with Crippen LogP contribution in [-0.4, -0.2) is 11.0 Å². The fourth-order valence-electron chi connectivity index (χ4n) is 1.30. The minimum absolute atomic E-state index is 0.462. The summed E-state index contributed by atoms with van der Waals surface area (Å²) >= 11 is 3.36. The highest BCUT2D eigenvalue weighted by molar-refractivity contribution is 9.10. The van der Waals surface area contributed by atoms with Crippen LogP contribution in [0.25, 0.3) is 10.9 Å². The van der Waals surface area contributed by atoms with E-state index in [-0.39, 0.29) is 0 Å². The molecule has 1 aromatic carbocycles. The van der Waals surface area contributed by atoms with Crippen LogP contribution >= 0.6 is 15.9 Å². The predicted octanol–water partition coefficient (Wildman–Crippen LogP) is 3.02. The van der Waals surface area contributed by atoms with Gasteiger partial charge in [-0.2, -0.15) is 0 Å². The molecule has 2 rings (SSSR count). The fourth-order valence-corrected chi connectivity index (χ4v) is 1.66. The number of hydrogen-bond acceptors (Lipinski definition) is 2. The molecule has 0 amide bonds. The zero-order valence-corrected chi connectivity index (χ0v) is 9.37. The minimum Gasteiger partial charge on any atom is -0.421 e. The number of H-pyrrole nitrogens is 1. The van der Waals surface area contributed by atoms with Crippen LogP contribution in [0.3, 0.4) is 0 Å². The van der Waals surface area contributed by atoms with E-state index in [0.29, 0.717) is 5.75 Å². The number of carbonyl (C=O) groups is 1. The Bertz CT molecular complexity index is 530. The Balaban J connectivity index is 2.47. The summed E-state index contributed by atoms with van der Waals surface area (Å²) in [6, 6.07) is 5.71. The van der Waals surface area contributed by atoms with Crippen LogP contribution in [0.5, 0.6) is 5.75 Å². The van der Waals surface area contributed by atoms with E-state index < -0.39 is 5.97 Å². The molecular formula is C11H8BrNO2.